The first-order chi connectivity index (χ1) is 8.99. The SMILES string of the molecule is CC(CNCCC(=O)O)NCC1=CC(=O)C=CC1=O. The number of hydrogen-bond donors (Lipinski definition) is 3. The molecule has 6 heteroatoms. The molecule has 0 amide bonds. The van der Waals surface area contributed by atoms with Gasteiger partial charge >= 0.3 is 5.97 Å². The minimum atomic E-state index is -0.837. The van der Waals surface area contributed by atoms with Crippen molar-refractivity contribution in [2.45, 2.75) is 19.4 Å². The molecule has 0 heterocycles. The molecule has 19 heavy (non-hydrogen) atoms. The van der Waals surface area contributed by atoms with Gasteiger partial charge in [0.15, 0.2) is 11.6 Å². The van der Waals surface area contributed by atoms with Gasteiger partial charge in [0.25, 0.3) is 0 Å². The maximum atomic E-state index is 11.5. The minimum Gasteiger partial charge on any atom is -0.481 e. The molecule has 0 fully saturated rings. The highest BCUT2D eigenvalue weighted by atomic mass is 16.4. The molecule has 6 nitrogen and oxygen atoms in total. The summed E-state index contributed by atoms with van der Waals surface area (Å²) in [4.78, 5) is 32.9. The second-order valence-electron chi connectivity index (χ2n) is 4.40. The predicted molar refractivity (Wildman–Crippen MR) is 69.8 cm³/mol. The topological polar surface area (TPSA) is 95.5 Å². The van der Waals surface area contributed by atoms with Crippen molar-refractivity contribution in [2.75, 3.05) is 19.6 Å². The Morgan fingerprint density at radius 2 is 2.11 bits per heavy atom. The van der Waals surface area contributed by atoms with Gasteiger partial charge in [-0.3, -0.25) is 14.4 Å². The number of carboxylic acid groups (broad SMARTS) is 1. The Labute approximate surface area is 111 Å². The van der Waals surface area contributed by atoms with Gasteiger partial charge in [-0.2, -0.15) is 0 Å². The fourth-order valence-corrected chi connectivity index (χ4v) is 1.56. The maximum absolute atomic E-state index is 11.5. The van der Waals surface area contributed by atoms with E-state index >= 15 is 0 Å². The summed E-state index contributed by atoms with van der Waals surface area (Å²) >= 11 is 0. The van der Waals surface area contributed by atoms with E-state index in [2.05, 4.69) is 10.6 Å². The van der Waals surface area contributed by atoms with E-state index in [0.29, 0.717) is 25.2 Å². The molecule has 3 N–H and O–H groups in total. The highest BCUT2D eigenvalue weighted by Crippen LogP contribution is 2.04. The second-order valence-corrected chi connectivity index (χ2v) is 4.40. The number of hydrogen-bond acceptors (Lipinski definition) is 5. The van der Waals surface area contributed by atoms with Crippen molar-refractivity contribution in [1.82, 2.24) is 10.6 Å². The van der Waals surface area contributed by atoms with Crippen LogP contribution < -0.4 is 10.6 Å². The molecule has 1 atom stereocenters. The van der Waals surface area contributed by atoms with Crippen LogP contribution >= 0.6 is 0 Å². The quantitative estimate of drug-likeness (QED) is 0.411. The van der Waals surface area contributed by atoms with Gasteiger partial charge in [-0.1, -0.05) is 0 Å². The van der Waals surface area contributed by atoms with Crippen LogP contribution in [0.3, 0.4) is 0 Å². The number of ketones is 2. The van der Waals surface area contributed by atoms with Gasteiger partial charge < -0.3 is 15.7 Å². The van der Waals surface area contributed by atoms with Gasteiger partial charge in [0.05, 0.1) is 6.42 Å². The lowest BCUT2D eigenvalue weighted by atomic mass is 10.0. The van der Waals surface area contributed by atoms with E-state index in [-0.39, 0.29) is 24.0 Å². The van der Waals surface area contributed by atoms with Gasteiger partial charge in [0, 0.05) is 31.2 Å². The molecule has 1 aliphatic rings. The third-order valence-electron chi connectivity index (χ3n) is 2.64. The van der Waals surface area contributed by atoms with Gasteiger partial charge in [-0.15, -0.1) is 0 Å². The average molecular weight is 266 g/mol. The van der Waals surface area contributed by atoms with Crippen LogP contribution in [0.2, 0.25) is 0 Å². The molecular formula is C13H18N2O4. The highest BCUT2D eigenvalue weighted by molar-refractivity contribution is 6.17. The van der Waals surface area contributed by atoms with Crippen LogP contribution in [-0.4, -0.2) is 48.3 Å². The van der Waals surface area contributed by atoms with Crippen LogP contribution in [0.25, 0.3) is 0 Å². The maximum Gasteiger partial charge on any atom is 0.304 e. The Morgan fingerprint density at radius 1 is 1.37 bits per heavy atom. The summed E-state index contributed by atoms with van der Waals surface area (Å²) in [5.74, 6) is -1.17. The zero-order valence-corrected chi connectivity index (χ0v) is 10.8. The smallest absolute Gasteiger partial charge is 0.304 e. The molecule has 0 aromatic carbocycles. The third kappa shape index (κ3) is 6.08. The molecule has 1 unspecified atom stereocenters. The summed E-state index contributed by atoms with van der Waals surface area (Å²) in [5.41, 5.74) is 0.449. The Balaban J connectivity index is 2.23. The van der Waals surface area contributed by atoms with Crippen molar-refractivity contribution in [3.05, 3.63) is 23.8 Å². The van der Waals surface area contributed by atoms with E-state index in [1.165, 1.54) is 18.2 Å². The fraction of sp³-hybridized carbons (Fsp3) is 0.462. The first kappa shape index (κ1) is 15.3. The fourth-order valence-electron chi connectivity index (χ4n) is 1.56. The summed E-state index contributed by atoms with van der Waals surface area (Å²) in [6.07, 6.45) is 3.94. The normalized spacial score (nSPS) is 16.4. The summed E-state index contributed by atoms with van der Waals surface area (Å²) in [6.45, 7) is 3.25. The minimum absolute atomic E-state index is 0.0727. The first-order valence-electron chi connectivity index (χ1n) is 6.12. The monoisotopic (exact) mass is 266 g/mol. The van der Waals surface area contributed by atoms with E-state index in [1.54, 1.807) is 0 Å². The lowest BCUT2D eigenvalue weighted by Crippen LogP contribution is -2.38. The Bertz CT molecular complexity index is 426. The van der Waals surface area contributed by atoms with Gasteiger partial charge in [-0.25, -0.2) is 0 Å². The Morgan fingerprint density at radius 3 is 2.79 bits per heavy atom. The third-order valence-corrected chi connectivity index (χ3v) is 2.64. The van der Waals surface area contributed by atoms with Gasteiger partial charge in [0.2, 0.25) is 0 Å². The van der Waals surface area contributed by atoms with Crippen molar-refractivity contribution in [2.24, 2.45) is 0 Å². The summed E-state index contributed by atoms with van der Waals surface area (Å²) < 4.78 is 0. The van der Waals surface area contributed by atoms with Gasteiger partial charge in [-0.05, 0) is 25.2 Å². The molecule has 0 saturated heterocycles. The Kier molecular flexibility index (Phi) is 6.11. The number of rotatable bonds is 8. The number of allylic oxidation sites excluding steroid dienone is 3. The molecule has 0 radical (unpaired) electrons. The highest BCUT2D eigenvalue weighted by Gasteiger charge is 2.13. The van der Waals surface area contributed by atoms with Crippen LogP contribution in [0.5, 0.6) is 0 Å². The molecule has 104 valence electrons. The molecule has 0 aromatic heterocycles. The van der Waals surface area contributed by atoms with Crippen molar-refractivity contribution in [3.63, 3.8) is 0 Å². The van der Waals surface area contributed by atoms with Crippen LogP contribution in [0, 0.1) is 0 Å². The molecule has 0 bridgehead atoms. The van der Waals surface area contributed by atoms with Crippen LogP contribution in [-0.2, 0) is 14.4 Å². The number of carbonyl (C=O) groups excluding carboxylic acids is 2. The summed E-state index contributed by atoms with van der Waals surface area (Å²) in [6, 6.07) is 0.0727. The second kappa shape index (κ2) is 7.60. The molecule has 0 saturated carbocycles. The van der Waals surface area contributed by atoms with E-state index < -0.39 is 5.97 Å². The molecule has 0 aliphatic heterocycles. The van der Waals surface area contributed by atoms with E-state index in [4.69, 9.17) is 5.11 Å². The van der Waals surface area contributed by atoms with Crippen molar-refractivity contribution < 1.29 is 19.5 Å². The predicted octanol–water partition coefficient (Wildman–Crippen LogP) is -0.337. The van der Waals surface area contributed by atoms with Crippen LogP contribution in [0.1, 0.15) is 13.3 Å². The zero-order valence-electron chi connectivity index (χ0n) is 10.8. The van der Waals surface area contributed by atoms with Gasteiger partial charge in [0.1, 0.15) is 0 Å². The lowest BCUT2D eigenvalue weighted by molar-refractivity contribution is -0.136. The molecule has 1 rings (SSSR count). The number of nitrogens with one attached hydrogen (secondary N) is 2. The summed E-state index contributed by atoms with van der Waals surface area (Å²) in [5, 5.41) is 14.6. The number of carbonyl (C=O) groups is 3. The lowest BCUT2D eigenvalue weighted by Gasteiger charge is -2.15. The van der Waals surface area contributed by atoms with Crippen molar-refractivity contribution in [1.29, 1.82) is 0 Å². The van der Waals surface area contributed by atoms with E-state index in [1.807, 2.05) is 6.92 Å². The van der Waals surface area contributed by atoms with E-state index in [0.717, 1.165) is 0 Å². The number of aliphatic carboxylic acids is 1. The zero-order chi connectivity index (χ0) is 14.3. The molecule has 0 aromatic rings. The van der Waals surface area contributed by atoms with Crippen molar-refractivity contribution >= 4 is 17.5 Å². The summed E-state index contributed by atoms with van der Waals surface area (Å²) in [7, 11) is 0. The van der Waals surface area contributed by atoms with E-state index in [9.17, 15) is 14.4 Å². The molecular weight excluding hydrogens is 248 g/mol. The largest absolute Gasteiger partial charge is 0.481 e. The van der Waals surface area contributed by atoms with Crippen LogP contribution in [0.15, 0.2) is 23.8 Å². The molecule has 0 spiro atoms. The van der Waals surface area contributed by atoms with Crippen molar-refractivity contribution in [3.8, 4) is 0 Å². The standard InChI is InChI=1S/C13H18N2O4/c1-9(7-14-5-4-13(18)19)15-8-10-6-11(16)2-3-12(10)17/h2-3,6,9,14-15H,4-5,7-8H2,1H3,(H,18,19). The first-order valence-corrected chi connectivity index (χ1v) is 6.12. The van der Waals surface area contributed by atoms with Crippen LogP contribution in [0.4, 0.5) is 0 Å². The number of carboxylic acids is 1. The molecule has 1 aliphatic carbocycles. The Hall–Kier alpha value is -1.79. The average Bonchev–Trinajstić information content (AvgIpc) is 2.35.